The smallest absolute Gasteiger partial charge is 0.171 e. The molecule has 0 fully saturated rings. The first kappa shape index (κ1) is 10.1. The van der Waals surface area contributed by atoms with Crippen molar-refractivity contribution in [2.45, 2.75) is 39.7 Å². The molecule has 0 bridgehead atoms. The van der Waals surface area contributed by atoms with Gasteiger partial charge in [-0.25, -0.2) is 0 Å². The second-order valence-corrected chi connectivity index (χ2v) is 6.14. The minimum absolute atomic E-state index is 0.139. The molecule has 0 saturated heterocycles. The van der Waals surface area contributed by atoms with Gasteiger partial charge in [-0.05, 0) is 18.8 Å². The molecular formula is C11H17NOS. The zero-order valence-corrected chi connectivity index (χ0v) is 9.83. The summed E-state index contributed by atoms with van der Waals surface area (Å²) in [5.41, 5.74) is 1.33. The second kappa shape index (κ2) is 3.30. The van der Waals surface area contributed by atoms with Crippen LogP contribution < -0.4 is 5.32 Å². The van der Waals surface area contributed by atoms with Crippen LogP contribution in [0.5, 0.6) is 0 Å². The Labute approximate surface area is 89.5 Å². The summed E-state index contributed by atoms with van der Waals surface area (Å²) in [6, 6.07) is 0.500. The Morgan fingerprint density at radius 2 is 2.14 bits per heavy atom. The molecule has 2 rings (SSSR count). The Balaban J connectivity index is 2.29. The summed E-state index contributed by atoms with van der Waals surface area (Å²) in [5.74, 6) is 1.35. The van der Waals surface area contributed by atoms with E-state index in [4.69, 9.17) is 0 Å². The van der Waals surface area contributed by atoms with Gasteiger partial charge < -0.3 is 5.32 Å². The lowest BCUT2D eigenvalue weighted by Crippen LogP contribution is -2.38. The van der Waals surface area contributed by atoms with E-state index in [0.717, 1.165) is 17.1 Å². The van der Waals surface area contributed by atoms with Crippen molar-refractivity contribution in [3.63, 3.8) is 0 Å². The molecule has 1 atom stereocenters. The predicted molar refractivity (Wildman–Crippen MR) is 60.1 cm³/mol. The molecule has 0 spiro atoms. The highest BCUT2D eigenvalue weighted by molar-refractivity contribution is 8.04. The van der Waals surface area contributed by atoms with Gasteiger partial charge in [-0.15, -0.1) is 11.8 Å². The van der Waals surface area contributed by atoms with Gasteiger partial charge in [-0.1, -0.05) is 13.8 Å². The van der Waals surface area contributed by atoms with Crippen LogP contribution in [0.15, 0.2) is 10.6 Å². The van der Waals surface area contributed by atoms with E-state index in [1.165, 1.54) is 5.70 Å². The fraction of sp³-hybridized carbons (Fsp3) is 0.727. The minimum Gasteiger partial charge on any atom is -0.384 e. The number of ketones is 1. The molecule has 3 heteroatoms. The van der Waals surface area contributed by atoms with Crippen molar-refractivity contribution in [3.8, 4) is 0 Å². The fourth-order valence-electron chi connectivity index (χ4n) is 2.14. The van der Waals surface area contributed by atoms with E-state index >= 15 is 0 Å². The first-order chi connectivity index (χ1) is 6.48. The van der Waals surface area contributed by atoms with Crippen LogP contribution >= 0.6 is 11.8 Å². The van der Waals surface area contributed by atoms with Crippen molar-refractivity contribution in [1.29, 1.82) is 0 Å². The van der Waals surface area contributed by atoms with Crippen LogP contribution in [-0.4, -0.2) is 17.6 Å². The van der Waals surface area contributed by atoms with Gasteiger partial charge in [0.05, 0.1) is 4.91 Å². The summed E-state index contributed by atoms with van der Waals surface area (Å²) < 4.78 is 0. The summed E-state index contributed by atoms with van der Waals surface area (Å²) >= 11 is 1.73. The molecule has 2 nitrogen and oxygen atoms in total. The lowest BCUT2D eigenvalue weighted by Gasteiger charge is -2.36. The van der Waals surface area contributed by atoms with E-state index in [-0.39, 0.29) is 5.41 Å². The normalized spacial score (nSPS) is 31.1. The van der Waals surface area contributed by atoms with Gasteiger partial charge >= 0.3 is 0 Å². The number of Topliss-reactive ketones (excluding diaryl/α,β-unsaturated/α-hetero) is 1. The van der Waals surface area contributed by atoms with Crippen LogP contribution in [0.3, 0.4) is 0 Å². The maximum atomic E-state index is 11.8. The molecule has 1 aliphatic carbocycles. The van der Waals surface area contributed by atoms with Crippen molar-refractivity contribution >= 4 is 17.5 Å². The maximum Gasteiger partial charge on any atom is 0.171 e. The van der Waals surface area contributed by atoms with Gasteiger partial charge in [-0.3, -0.25) is 4.79 Å². The lowest BCUT2D eigenvalue weighted by molar-refractivity contribution is -0.117. The number of rotatable bonds is 0. The monoisotopic (exact) mass is 211 g/mol. The van der Waals surface area contributed by atoms with Crippen LogP contribution in [0, 0.1) is 5.41 Å². The Hall–Kier alpha value is -0.440. The maximum absolute atomic E-state index is 11.8. The van der Waals surface area contributed by atoms with Crippen molar-refractivity contribution < 1.29 is 4.79 Å². The average Bonchev–Trinajstić information content (AvgIpc) is 2.00. The molecule has 2 aliphatic rings. The predicted octanol–water partition coefficient (Wildman–Crippen LogP) is 2.31. The van der Waals surface area contributed by atoms with Gasteiger partial charge in [0.15, 0.2) is 5.78 Å². The van der Waals surface area contributed by atoms with Crippen molar-refractivity contribution in [2.24, 2.45) is 5.41 Å². The quantitative estimate of drug-likeness (QED) is 0.666. The number of allylic oxidation sites excluding steroid dienone is 2. The number of hydrogen-bond acceptors (Lipinski definition) is 3. The molecule has 0 saturated carbocycles. The van der Waals surface area contributed by atoms with Gasteiger partial charge in [-0.2, -0.15) is 0 Å². The number of carbonyl (C=O) groups is 1. The van der Waals surface area contributed by atoms with Crippen LogP contribution in [-0.2, 0) is 4.79 Å². The van der Waals surface area contributed by atoms with E-state index in [9.17, 15) is 4.79 Å². The molecule has 1 unspecified atom stereocenters. The molecule has 1 aliphatic heterocycles. The molecule has 78 valence electrons. The largest absolute Gasteiger partial charge is 0.384 e. The third-order valence-corrected chi connectivity index (χ3v) is 4.15. The van der Waals surface area contributed by atoms with Gasteiger partial charge in [0, 0.05) is 23.9 Å². The van der Waals surface area contributed by atoms with Crippen molar-refractivity contribution in [3.05, 3.63) is 10.6 Å². The summed E-state index contributed by atoms with van der Waals surface area (Å²) in [7, 11) is 0. The summed E-state index contributed by atoms with van der Waals surface area (Å²) in [5, 5.41) is 3.44. The Kier molecular flexibility index (Phi) is 2.38. The summed E-state index contributed by atoms with van der Waals surface area (Å²) in [6.45, 7) is 6.50. The standard InChI is InChI=1S/C11H17NOS/c1-7-6-14-10-8(12-7)4-11(2,3)5-9(10)13/h7,12H,4-6H2,1-3H3. The molecule has 0 amide bonds. The molecule has 1 N–H and O–H groups in total. The molecular weight excluding hydrogens is 194 g/mol. The van der Waals surface area contributed by atoms with Gasteiger partial charge in [0.2, 0.25) is 0 Å². The van der Waals surface area contributed by atoms with Crippen molar-refractivity contribution in [1.82, 2.24) is 5.32 Å². The number of nitrogens with one attached hydrogen (secondary N) is 1. The summed E-state index contributed by atoms with van der Waals surface area (Å²) in [6.07, 6.45) is 1.72. The van der Waals surface area contributed by atoms with E-state index in [1.807, 2.05) is 0 Å². The van der Waals surface area contributed by atoms with E-state index in [1.54, 1.807) is 11.8 Å². The Morgan fingerprint density at radius 1 is 1.43 bits per heavy atom. The average molecular weight is 211 g/mol. The molecule has 0 aromatic rings. The van der Waals surface area contributed by atoms with Crippen LogP contribution in [0.25, 0.3) is 0 Å². The molecule has 1 heterocycles. The van der Waals surface area contributed by atoms with E-state index in [0.29, 0.717) is 18.2 Å². The molecule has 0 radical (unpaired) electrons. The SMILES string of the molecule is CC1CSC2=C(CC(C)(C)CC2=O)N1. The Morgan fingerprint density at radius 3 is 2.86 bits per heavy atom. The number of thioether (sulfide) groups is 1. The highest BCUT2D eigenvalue weighted by Crippen LogP contribution is 2.41. The first-order valence-corrected chi connectivity index (χ1v) is 6.12. The highest BCUT2D eigenvalue weighted by Gasteiger charge is 2.35. The lowest BCUT2D eigenvalue weighted by atomic mass is 9.78. The third kappa shape index (κ3) is 1.83. The fourth-order valence-corrected chi connectivity index (χ4v) is 3.17. The molecule has 0 aromatic heterocycles. The Bertz CT molecular complexity index is 306. The highest BCUT2D eigenvalue weighted by atomic mass is 32.2. The third-order valence-electron chi connectivity index (χ3n) is 2.72. The first-order valence-electron chi connectivity index (χ1n) is 5.14. The number of hydrogen-bond donors (Lipinski definition) is 1. The van der Waals surface area contributed by atoms with E-state index in [2.05, 4.69) is 26.1 Å². The zero-order valence-electron chi connectivity index (χ0n) is 9.02. The van der Waals surface area contributed by atoms with Crippen molar-refractivity contribution in [2.75, 3.05) is 5.75 Å². The van der Waals surface area contributed by atoms with E-state index < -0.39 is 0 Å². The second-order valence-electron chi connectivity index (χ2n) is 5.11. The minimum atomic E-state index is 0.139. The topological polar surface area (TPSA) is 29.1 Å². The number of carbonyl (C=O) groups excluding carboxylic acids is 1. The van der Waals surface area contributed by atoms with Crippen LogP contribution in [0.4, 0.5) is 0 Å². The van der Waals surface area contributed by atoms with Crippen LogP contribution in [0.2, 0.25) is 0 Å². The zero-order chi connectivity index (χ0) is 10.3. The van der Waals surface area contributed by atoms with Gasteiger partial charge in [0.25, 0.3) is 0 Å². The van der Waals surface area contributed by atoms with Crippen LogP contribution in [0.1, 0.15) is 33.6 Å². The molecule has 0 aromatic carbocycles. The molecule has 14 heavy (non-hydrogen) atoms. The van der Waals surface area contributed by atoms with Gasteiger partial charge in [0.1, 0.15) is 0 Å². The summed E-state index contributed by atoms with van der Waals surface area (Å²) in [4.78, 5) is 12.8.